The number of hydrogen-bond donors (Lipinski definition) is 2. The van der Waals surface area contributed by atoms with Crippen molar-refractivity contribution >= 4 is 17.6 Å². The van der Waals surface area contributed by atoms with E-state index in [1.165, 1.54) is 0 Å². The fourth-order valence-corrected chi connectivity index (χ4v) is 2.90. The van der Waals surface area contributed by atoms with E-state index in [1.54, 1.807) is 29.2 Å². The maximum atomic E-state index is 12.1. The molecule has 1 atom stereocenters. The van der Waals surface area contributed by atoms with Crippen molar-refractivity contribution in [2.45, 2.75) is 18.9 Å². The highest BCUT2D eigenvalue weighted by molar-refractivity contribution is 5.89. The summed E-state index contributed by atoms with van der Waals surface area (Å²) in [6, 6.07) is 6.69. The number of benzene rings is 1. The summed E-state index contributed by atoms with van der Waals surface area (Å²) >= 11 is 0. The molecule has 3 amide bonds. The second kappa shape index (κ2) is 9.40. The standard InChI is InChI=1S/C18H25N3O5/c22-17(21-6-9-24-10-7-21)13-26-15-4-1-3-14(11-15)20-18(23)19-12-16-5-2-8-25-16/h1,3-4,11,16H,2,5-10,12-13H2,(H2,19,20,23)/t16-/m0/s1. The van der Waals surface area contributed by atoms with Crippen LogP contribution in [-0.4, -0.2) is 69.0 Å². The lowest BCUT2D eigenvalue weighted by atomic mass is 10.2. The lowest BCUT2D eigenvalue weighted by molar-refractivity contribution is -0.137. The third-order valence-corrected chi connectivity index (χ3v) is 4.33. The molecule has 3 rings (SSSR count). The summed E-state index contributed by atoms with van der Waals surface area (Å²) < 4.78 is 16.3. The topological polar surface area (TPSA) is 89.1 Å². The van der Waals surface area contributed by atoms with E-state index >= 15 is 0 Å². The predicted octanol–water partition coefficient (Wildman–Crippen LogP) is 1.22. The smallest absolute Gasteiger partial charge is 0.319 e. The molecule has 2 saturated heterocycles. The summed E-state index contributed by atoms with van der Waals surface area (Å²) in [6.07, 6.45) is 2.11. The van der Waals surface area contributed by atoms with Crippen LogP contribution in [0.1, 0.15) is 12.8 Å². The minimum atomic E-state index is -0.290. The first-order chi connectivity index (χ1) is 12.7. The first-order valence-electron chi connectivity index (χ1n) is 8.95. The molecule has 26 heavy (non-hydrogen) atoms. The van der Waals surface area contributed by atoms with Crippen LogP contribution in [0.25, 0.3) is 0 Å². The van der Waals surface area contributed by atoms with Gasteiger partial charge < -0.3 is 29.7 Å². The number of nitrogens with one attached hydrogen (secondary N) is 2. The minimum absolute atomic E-state index is 0.0331. The number of urea groups is 1. The SMILES string of the molecule is O=C(NC[C@@H]1CCCO1)Nc1cccc(OCC(=O)N2CCOCC2)c1. The molecule has 0 radical (unpaired) electrons. The van der Waals surface area contributed by atoms with E-state index in [1.807, 2.05) is 0 Å². The molecule has 0 spiro atoms. The summed E-state index contributed by atoms with van der Waals surface area (Å²) in [7, 11) is 0. The Labute approximate surface area is 152 Å². The van der Waals surface area contributed by atoms with Crippen molar-refractivity contribution < 1.29 is 23.8 Å². The molecule has 1 aromatic rings. The van der Waals surface area contributed by atoms with Gasteiger partial charge in [0.2, 0.25) is 0 Å². The Bertz CT molecular complexity index is 613. The number of anilines is 1. The van der Waals surface area contributed by atoms with Gasteiger partial charge in [-0.15, -0.1) is 0 Å². The van der Waals surface area contributed by atoms with Gasteiger partial charge in [-0.2, -0.15) is 0 Å². The molecular formula is C18H25N3O5. The fraction of sp³-hybridized carbons (Fsp3) is 0.556. The molecule has 2 aliphatic heterocycles. The van der Waals surface area contributed by atoms with Gasteiger partial charge in [-0.05, 0) is 25.0 Å². The molecule has 8 heteroatoms. The molecule has 2 heterocycles. The Morgan fingerprint density at radius 1 is 1.23 bits per heavy atom. The Kier molecular flexibility index (Phi) is 6.68. The van der Waals surface area contributed by atoms with Crippen molar-refractivity contribution in [1.82, 2.24) is 10.2 Å². The number of hydrogen-bond acceptors (Lipinski definition) is 5. The van der Waals surface area contributed by atoms with Crippen molar-refractivity contribution in [2.75, 3.05) is 51.4 Å². The summed E-state index contributed by atoms with van der Waals surface area (Å²) in [6.45, 7) is 3.53. The number of amides is 3. The maximum absolute atomic E-state index is 12.1. The fourth-order valence-electron chi connectivity index (χ4n) is 2.90. The molecule has 1 aromatic carbocycles. The van der Waals surface area contributed by atoms with Crippen LogP contribution < -0.4 is 15.4 Å². The van der Waals surface area contributed by atoms with Crippen LogP contribution in [-0.2, 0) is 14.3 Å². The molecule has 2 fully saturated rings. The molecule has 0 saturated carbocycles. The molecule has 142 valence electrons. The molecule has 0 bridgehead atoms. The zero-order chi connectivity index (χ0) is 18.2. The Morgan fingerprint density at radius 2 is 2.08 bits per heavy atom. The normalized spacial score (nSPS) is 19.8. The average molecular weight is 363 g/mol. The first-order valence-corrected chi connectivity index (χ1v) is 8.95. The predicted molar refractivity (Wildman–Crippen MR) is 95.3 cm³/mol. The van der Waals surface area contributed by atoms with E-state index in [-0.39, 0.29) is 24.6 Å². The summed E-state index contributed by atoms with van der Waals surface area (Å²) in [5.74, 6) is 0.463. The van der Waals surface area contributed by atoms with Crippen LogP contribution in [0, 0.1) is 0 Å². The summed E-state index contributed by atoms with van der Waals surface area (Å²) in [5.41, 5.74) is 0.603. The highest BCUT2D eigenvalue weighted by atomic mass is 16.5. The van der Waals surface area contributed by atoms with Crippen molar-refractivity contribution in [2.24, 2.45) is 0 Å². The largest absolute Gasteiger partial charge is 0.484 e. The van der Waals surface area contributed by atoms with Gasteiger partial charge in [-0.3, -0.25) is 4.79 Å². The van der Waals surface area contributed by atoms with E-state index < -0.39 is 0 Å². The quantitative estimate of drug-likeness (QED) is 0.793. The van der Waals surface area contributed by atoms with Gasteiger partial charge in [0, 0.05) is 38.0 Å². The third kappa shape index (κ3) is 5.60. The molecule has 2 aliphatic rings. The maximum Gasteiger partial charge on any atom is 0.319 e. The number of carbonyl (C=O) groups excluding carboxylic acids is 2. The van der Waals surface area contributed by atoms with Gasteiger partial charge in [0.25, 0.3) is 5.91 Å². The summed E-state index contributed by atoms with van der Waals surface area (Å²) in [5, 5.41) is 5.56. The van der Waals surface area contributed by atoms with Gasteiger partial charge in [-0.25, -0.2) is 4.79 Å². The zero-order valence-corrected chi connectivity index (χ0v) is 14.7. The van der Waals surface area contributed by atoms with Crippen molar-refractivity contribution in [3.05, 3.63) is 24.3 Å². The van der Waals surface area contributed by atoms with Crippen molar-refractivity contribution in [3.63, 3.8) is 0 Å². The van der Waals surface area contributed by atoms with Crippen LogP contribution in [0.2, 0.25) is 0 Å². The van der Waals surface area contributed by atoms with Crippen LogP contribution in [0.4, 0.5) is 10.5 Å². The van der Waals surface area contributed by atoms with Gasteiger partial charge in [0.05, 0.1) is 19.3 Å². The van der Waals surface area contributed by atoms with Crippen LogP contribution in [0.5, 0.6) is 5.75 Å². The van der Waals surface area contributed by atoms with Crippen molar-refractivity contribution in [1.29, 1.82) is 0 Å². The molecule has 8 nitrogen and oxygen atoms in total. The number of nitrogens with zero attached hydrogens (tertiary/aromatic N) is 1. The minimum Gasteiger partial charge on any atom is -0.484 e. The second-order valence-corrected chi connectivity index (χ2v) is 6.28. The molecule has 0 aliphatic carbocycles. The molecule has 0 unspecified atom stereocenters. The van der Waals surface area contributed by atoms with Crippen LogP contribution >= 0.6 is 0 Å². The Balaban J connectivity index is 1.43. The van der Waals surface area contributed by atoms with Gasteiger partial charge >= 0.3 is 6.03 Å². The highest BCUT2D eigenvalue weighted by Crippen LogP contribution is 2.17. The van der Waals surface area contributed by atoms with Gasteiger partial charge in [0.1, 0.15) is 5.75 Å². The Hall–Kier alpha value is -2.32. The van der Waals surface area contributed by atoms with Gasteiger partial charge in [-0.1, -0.05) is 6.07 Å². The van der Waals surface area contributed by atoms with E-state index in [2.05, 4.69) is 10.6 Å². The van der Waals surface area contributed by atoms with E-state index in [0.717, 1.165) is 19.4 Å². The number of carbonyl (C=O) groups is 2. The monoisotopic (exact) mass is 363 g/mol. The highest BCUT2D eigenvalue weighted by Gasteiger charge is 2.18. The lowest BCUT2D eigenvalue weighted by Crippen LogP contribution is -2.42. The van der Waals surface area contributed by atoms with E-state index in [0.29, 0.717) is 44.3 Å². The summed E-state index contributed by atoms with van der Waals surface area (Å²) in [4.78, 5) is 25.8. The lowest BCUT2D eigenvalue weighted by Gasteiger charge is -2.26. The second-order valence-electron chi connectivity index (χ2n) is 6.28. The molecule has 2 N–H and O–H groups in total. The third-order valence-electron chi connectivity index (χ3n) is 4.33. The first kappa shape index (κ1) is 18.5. The Morgan fingerprint density at radius 3 is 2.85 bits per heavy atom. The van der Waals surface area contributed by atoms with E-state index in [4.69, 9.17) is 14.2 Å². The van der Waals surface area contributed by atoms with Gasteiger partial charge in [0.15, 0.2) is 6.61 Å². The van der Waals surface area contributed by atoms with Crippen LogP contribution in [0.3, 0.4) is 0 Å². The average Bonchev–Trinajstić information content (AvgIpc) is 3.19. The van der Waals surface area contributed by atoms with Crippen LogP contribution in [0.15, 0.2) is 24.3 Å². The molecule has 0 aromatic heterocycles. The number of ether oxygens (including phenoxy) is 3. The van der Waals surface area contributed by atoms with Crippen molar-refractivity contribution in [3.8, 4) is 5.75 Å². The number of rotatable bonds is 6. The zero-order valence-electron chi connectivity index (χ0n) is 14.7. The molecular weight excluding hydrogens is 338 g/mol. The number of morpholine rings is 1. The van der Waals surface area contributed by atoms with E-state index in [9.17, 15) is 9.59 Å².